The van der Waals surface area contributed by atoms with Crippen LogP contribution in [-0.2, 0) is 114 Å². The highest BCUT2D eigenvalue weighted by Gasteiger charge is 2.74. The number of amides is 8. The fraction of sp³-hybridized carbons (Fsp3) is 0.768. The first-order valence-electron chi connectivity index (χ1n) is 45.3. The van der Waals surface area contributed by atoms with E-state index in [1.165, 1.54) is 13.0 Å². The van der Waals surface area contributed by atoms with Crippen LogP contribution in [0.15, 0.2) is 25.3 Å². The number of halogens is 4. The Bertz CT molecular complexity index is 4090. The number of imide groups is 3. The number of nitrogens with one attached hydrogen (secondary N) is 2. The smallest absolute Gasteiger partial charge is 0.479 e. The van der Waals surface area contributed by atoms with Crippen molar-refractivity contribution in [2.45, 2.75) is 417 Å². The lowest BCUT2D eigenvalue weighted by Crippen LogP contribution is -2.55. The Balaban J connectivity index is 0. The molecule has 810 valence electrons. The Morgan fingerprint density at radius 2 is 0.525 bits per heavy atom. The number of aldehydes is 1. The number of rotatable bonds is 19. The van der Waals surface area contributed by atoms with Gasteiger partial charge in [-0.05, 0) is 309 Å². The number of hydrogen-bond donors (Lipinski definition) is 3. The van der Waals surface area contributed by atoms with E-state index in [4.69, 9.17) is 80.9 Å². The second kappa shape index (κ2) is 50.4. The van der Waals surface area contributed by atoms with E-state index in [1.807, 2.05) is 5.32 Å². The van der Waals surface area contributed by atoms with Crippen LogP contribution >= 0.6 is 0 Å². The second-order valence-corrected chi connectivity index (χ2v) is 44.4. The average Bonchev–Trinajstić information content (AvgIpc) is 1.53. The minimum Gasteiger partial charge on any atom is -0.479 e. The normalized spacial score (nSPS) is 21.4. The topological polar surface area (TPSA) is 527 Å². The van der Waals surface area contributed by atoms with Gasteiger partial charge in [0.1, 0.15) is 84.6 Å². The third-order valence-corrected chi connectivity index (χ3v) is 17.2. The van der Waals surface area contributed by atoms with Crippen molar-refractivity contribution in [2.75, 3.05) is 26.4 Å². The van der Waals surface area contributed by atoms with Crippen LogP contribution in [0.5, 0.6) is 0 Å². The summed E-state index contributed by atoms with van der Waals surface area (Å²) in [6.07, 6.45) is -14.3. The molecule has 0 aromatic heterocycles. The SMILES string of the molecule is C=C[C@@H]1C[C@@]1(C(=O)OCC)N(C(=O)OC(C)(C)C)C(=O)OC(C)(C)C.C=C[C@@H]1C[C@]1(NC(=O)OC(C)(C)C)C(=O)OCC.CC(C)(C)OC(=O)N[C@]1(C(=O)O)C[C@H]1C(F)F.CC(C)(C)OC(=O)OC(=O)OC(C)(C)C.CC(C)(C)OC(=O)OC(=O)OC(C)(C)C.CCOC(=O)[C@@]1(N(C(=O)OC(C)(C)C)C(=O)OC(C)(C)C)C[C@H]1C(F)F.CCOC(=O)[C@@]1(N(C(=O)OC(C)(C)C)C(=O)OC(C)(C)C)C[C@H]1C=O. The van der Waals surface area contributed by atoms with Crippen molar-refractivity contribution < 1.29 is 194 Å². The molecule has 5 fully saturated rings. The molecule has 3 N–H and O–H groups in total. The molecular weight excluding hydrogens is 1880 g/mol. The van der Waals surface area contributed by atoms with Gasteiger partial charge in [0.2, 0.25) is 12.9 Å². The Morgan fingerprint density at radius 1 is 0.305 bits per heavy atom. The molecule has 0 spiro atoms. The van der Waals surface area contributed by atoms with E-state index in [0.29, 0.717) is 22.5 Å². The Kier molecular flexibility index (Phi) is 47.0. The van der Waals surface area contributed by atoms with Crippen LogP contribution < -0.4 is 10.6 Å². The number of ether oxygens (including phenoxy) is 18. The largest absolute Gasteiger partial charge is 0.519 e. The number of hydrogen-bond acceptors (Lipinski definition) is 36. The van der Waals surface area contributed by atoms with Crippen molar-refractivity contribution >= 4 is 110 Å². The van der Waals surface area contributed by atoms with Crippen molar-refractivity contribution in [3.05, 3.63) is 25.3 Å². The number of carboxylic acids is 1. The molecule has 10 atom stereocenters. The van der Waals surface area contributed by atoms with Crippen LogP contribution in [0.1, 0.15) is 309 Å². The number of aliphatic carboxylic acids is 1. The van der Waals surface area contributed by atoms with Gasteiger partial charge in [0.05, 0.1) is 44.2 Å². The van der Waals surface area contributed by atoms with Gasteiger partial charge in [-0.1, -0.05) is 12.2 Å². The molecule has 42 nitrogen and oxygen atoms in total. The summed E-state index contributed by atoms with van der Waals surface area (Å²) >= 11 is 0. The summed E-state index contributed by atoms with van der Waals surface area (Å²) in [6, 6.07) is 0. The molecule has 5 aliphatic rings. The number of nitrogens with zero attached hydrogens (tertiary/aromatic N) is 3. The minimum atomic E-state index is -2.92. The van der Waals surface area contributed by atoms with Crippen LogP contribution in [0.25, 0.3) is 0 Å². The molecule has 0 saturated heterocycles. The van der Waals surface area contributed by atoms with Gasteiger partial charge in [0, 0.05) is 11.8 Å². The zero-order valence-corrected chi connectivity index (χ0v) is 89.5. The van der Waals surface area contributed by atoms with Crippen LogP contribution in [-0.4, -0.2) is 263 Å². The standard InChI is InChI=1S/C18H29NO6.C17H27F2NO6.C17H27NO7.C13H21NO4.C10H15F2NO4.2C10H18O5/c1-9-12-11-18(12,13(20)23-10-2)19(14(21)24-16(3,4)5)15(22)25-17(6,7)8;1-8-24-12(21)17(9-10(17)11(18)19)20(13(22)25-15(2,3)4)14(23)26-16(5,6)7;1-8-23-12(20)17(9-11(17)10-19)18(13(21)24-15(2,3)4)14(22)25-16(5,6)7;1-6-9-8-13(9,10(15)17-7-2)14-11(16)18-12(3,4)5;1-9(2,3)17-8(16)13-10(7(14)15)4-5(10)6(11)12;2*1-9(2,3)14-7(11)13-8(12)15-10(4,5)6/h9,12H,1,10-11H2,2-8H3;10-11H,8-9H2,1-7H3;10-11H,8-9H2,1-7H3;6,9H,1,7-8H2,2-5H3,(H,14,16);5-6H,4H2,1-3H3,(H,13,16)(H,14,15);2*1-6H3/t12-,18-;10-,17+;11-,17+;9-,13-;5-,10+;;/m10010../s1. The number of carboxylic acid groups (broad SMARTS) is 1. The predicted octanol–water partition coefficient (Wildman–Crippen LogP) is 19.5. The maximum Gasteiger partial charge on any atom is 0.519 e. The molecule has 0 radical (unpaired) electrons. The average molecular weight is 2040 g/mol. The summed E-state index contributed by atoms with van der Waals surface area (Å²) in [6.45, 7) is 73.3. The maximum atomic E-state index is 13.3. The summed E-state index contributed by atoms with van der Waals surface area (Å²) in [5.41, 5.74) is -17.9. The van der Waals surface area contributed by atoms with Crippen molar-refractivity contribution in [3.8, 4) is 0 Å². The molecule has 0 aromatic carbocycles. The van der Waals surface area contributed by atoms with Crippen LogP contribution in [0.2, 0.25) is 0 Å². The molecule has 46 heteroatoms. The Morgan fingerprint density at radius 3 is 0.709 bits per heavy atom. The molecule has 8 amide bonds. The lowest BCUT2D eigenvalue weighted by atomic mass is 10.1. The van der Waals surface area contributed by atoms with Crippen molar-refractivity contribution in [1.82, 2.24) is 25.3 Å². The van der Waals surface area contributed by atoms with Gasteiger partial charge in [-0.25, -0.2) is 99.1 Å². The number of alkyl carbamates (subject to hydrolysis) is 2. The lowest BCUT2D eigenvalue weighted by molar-refractivity contribution is -0.153. The maximum absolute atomic E-state index is 13.3. The van der Waals surface area contributed by atoms with Gasteiger partial charge in [-0.3, -0.25) is 0 Å². The van der Waals surface area contributed by atoms with Crippen LogP contribution in [0.4, 0.5) is 75.1 Å². The van der Waals surface area contributed by atoms with Gasteiger partial charge in [0.15, 0.2) is 16.6 Å². The molecule has 0 bridgehead atoms. The first-order valence-corrected chi connectivity index (χ1v) is 45.3. The summed E-state index contributed by atoms with van der Waals surface area (Å²) < 4.78 is 140. The van der Waals surface area contributed by atoms with Gasteiger partial charge in [-0.15, -0.1) is 13.2 Å². The number of carbonyl (C=O) groups is 18. The minimum absolute atomic E-state index is 0.0200. The molecule has 0 aliphatic heterocycles. The van der Waals surface area contributed by atoms with E-state index in [0.717, 1.165) is 4.90 Å². The molecule has 5 aliphatic carbocycles. The lowest BCUT2D eigenvalue weighted by Gasteiger charge is -2.33. The van der Waals surface area contributed by atoms with Crippen molar-refractivity contribution in [3.63, 3.8) is 0 Å². The summed E-state index contributed by atoms with van der Waals surface area (Å²) in [5.74, 6) is -8.73. The van der Waals surface area contributed by atoms with E-state index in [9.17, 15) is 104 Å². The number of alkyl halides is 4. The van der Waals surface area contributed by atoms with Gasteiger partial charge in [-0.2, -0.15) is 14.7 Å². The van der Waals surface area contributed by atoms with E-state index in [2.05, 4.69) is 27.9 Å². The summed E-state index contributed by atoms with van der Waals surface area (Å²) in [7, 11) is 0. The first-order chi connectivity index (χ1) is 63.0. The van der Waals surface area contributed by atoms with Gasteiger partial charge < -0.3 is 106 Å². The monoisotopic (exact) mass is 2030 g/mol. The van der Waals surface area contributed by atoms with E-state index in [1.54, 1.807) is 276 Å². The number of esters is 4. The van der Waals surface area contributed by atoms with E-state index < -0.39 is 241 Å². The predicted molar refractivity (Wildman–Crippen MR) is 496 cm³/mol. The highest BCUT2D eigenvalue weighted by Crippen LogP contribution is 2.56. The molecule has 0 heterocycles. The van der Waals surface area contributed by atoms with E-state index in [-0.39, 0.29) is 51.6 Å². The van der Waals surface area contributed by atoms with Crippen molar-refractivity contribution in [1.29, 1.82) is 0 Å². The van der Waals surface area contributed by atoms with Crippen LogP contribution in [0.3, 0.4) is 0 Å². The van der Waals surface area contributed by atoms with Gasteiger partial charge in [0.25, 0.3) is 0 Å². The zero-order chi connectivity index (χ0) is 112. The highest BCUT2D eigenvalue weighted by atomic mass is 19.3. The molecule has 5 rings (SSSR count). The van der Waals surface area contributed by atoms with E-state index >= 15 is 0 Å². The fourth-order valence-corrected chi connectivity index (χ4v) is 11.6. The van der Waals surface area contributed by atoms with Gasteiger partial charge >= 0.3 is 103 Å². The molecule has 0 unspecified atom stereocenters. The second-order valence-electron chi connectivity index (χ2n) is 44.4. The fourth-order valence-electron chi connectivity index (χ4n) is 11.6. The first kappa shape index (κ1) is 131. The third kappa shape index (κ3) is 46.8. The third-order valence-electron chi connectivity index (χ3n) is 17.2. The Hall–Kier alpha value is -11.5. The molecular formula is C95H155F4N5O37. The number of carbonyl (C=O) groups excluding carboxylic acids is 17. The quantitative estimate of drug-likeness (QED) is 0.0270. The summed E-state index contributed by atoms with van der Waals surface area (Å²) in [5, 5.41) is 13.5. The molecule has 5 saturated carbocycles. The molecule has 0 aromatic rings. The van der Waals surface area contributed by atoms with Crippen molar-refractivity contribution in [2.24, 2.45) is 29.6 Å². The van der Waals surface area contributed by atoms with Crippen LogP contribution in [0, 0.1) is 29.6 Å². The Labute approximate surface area is 823 Å². The molecule has 141 heavy (non-hydrogen) atoms. The zero-order valence-electron chi connectivity index (χ0n) is 89.5. The summed E-state index contributed by atoms with van der Waals surface area (Å²) in [4.78, 5) is 216. The highest BCUT2D eigenvalue weighted by molar-refractivity contribution is 6.03.